The van der Waals surface area contributed by atoms with Crippen molar-refractivity contribution in [3.05, 3.63) is 23.8 Å². The highest BCUT2D eigenvalue weighted by atomic mass is 16.3. The van der Waals surface area contributed by atoms with E-state index in [9.17, 15) is 4.79 Å². The molecule has 0 saturated heterocycles. The Labute approximate surface area is 62.9 Å². The Balaban J connectivity index is 3.12. The number of nitrogens with two attached hydrogens (primary N) is 1. The fourth-order valence-corrected chi connectivity index (χ4v) is 0.688. The van der Waals surface area contributed by atoms with Crippen LogP contribution in [0.25, 0.3) is 0 Å². The molecular formula is C6H7N3O2. The summed E-state index contributed by atoms with van der Waals surface area (Å²) in [5.74, 6) is -0.679. The van der Waals surface area contributed by atoms with Crippen LogP contribution in [0.5, 0.6) is 0 Å². The molecule has 1 aromatic heterocycles. The van der Waals surface area contributed by atoms with Gasteiger partial charge in [0.05, 0.1) is 12.3 Å². The van der Waals surface area contributed by atoms with E-state index in [1.165, 1.54) is 12.4 Å². The lowest BCUT2D eigenvalue weighted by molar-refractivity contribution is 0.0991. The number of carbonyl (C=O) groups is 1. The molecule has 1 heterocycles. The Bertz CT molecular complexity index is 274. The molecule has 1 rings (SSSR count). The molecule has 1 aromatic rings. The molecule has 0 radical (unpaired) electrons. The SMILES string of the molecule is NC(=O)c1nccnc1CO. The molecule has 0 aromatic carbocycles. The number of aromatic nitrogens is 2. The normalized spacial score (nSPS) is 9.55. The van der Waals surface area contributed by atoms with Crippen LogP contribution in [0.15, 0.2) is 12.4 Å². The maximum absolute atomic E-state index is 10.6. The van der Waals surface area contributed by atoms with E-state index in [4.69, 9.17) is 10.8 Å². The van der Waals surface area contributed by atoms with Crippen molar-refractivity contribution in [2.24, 2.45) is 5.73 Å². The second-order valence-corrected chi connectivity index (χ2v) is 1.87. The molecule has 11 heavy (non-hydrogen) atoms. The third kappa shape index (κ3) is 1.50. The molecule has 0 spiro atoms. The zero-order valence-corrected chi connectivity index (χ0v) is 5.69. The third-order valence-electron chi connectivity index (χ3n) is 1.16. The highest BCUT2D eigenvalue weighted by Gasteiger charge is 2.08. The monoisotopic (exact) mass is 153 g/mol. The summed E-state index contributed by atoms with van der Waals surface area (Å²) in [7, 11) is 0. The van der Waals surface area contributed by atoms with Crippen molar-refractivity contribution in [3.8, 4) is 0 Å². The number of hydrogen-bond donors (Lipinski definition) is 2. The lowest BCUT2D eigenvalue weighted by atomic mass is 10.3. The van der Waals surface area contributed by atoms with Gasteiger partial charge in [-0.3, -0.25) is 9.78 Å². The highest BCUT2D eigenvalue weighted by Crippen LogP contribution is 1.98. The average Bonchev–Trinajstić information content (AvgIpc) is 2.04. The Morgan fingerprint density at radius 2 is 2.18 bits per heavy atom. The number of nitrogens with zero attached hydrogens (tertiary/aromatic N) is 2. The minimum absolute atomic E-state index is 0.0231. The molecule has 0 aliphatic heterocycles. The Kier molecular flexibility index (Phi) is 2.12. The molecular weight excluding hydrogens is 146 g/mol. The predicted octanol–water partition coefficient (Wildman–Crippen LogP) is -0.932. The molecule has 5 heteroatoms. The van der Waals surface area contributed by atoms with E-state index >= 15 is 0 Å². The fourth-order valence-electron chi connectivity index (χ4n) is 0.688. The van der Waals surface area contributed by atoms with Crippen molar-refractivity contribution < 1.29 is 9.90 Å². The van der Waals surface area contributed by atoms with Crippen LogP contribution in [0.3, 0.4) is 0 Å². The fraction of sp³-hybridized carbons (Fsp3) is 0.167. The zero-order valence-electron chi connectivity index (χ0n) is 5.69. The molecule has 58 valence electrons. The second-order valence-electron chi connectivity index (χ2n) is 1.87. The smallest absolute Gasteiger partial charge is 0.269 e. The second kappa shape index (κ2) is 3.07. The first-order chi connectivity index (χ1) is 5.25. The van der Waals surface area contributed by atoms with Gasteiger partial charge in [-0.25, -0.2) is 4.98 Å². The summed E-state index contributed by atoms with van der Waals surface area (Å²) in [5.41, 5.74) is 5.17. The van der Waals surface area contributed by atoms with Gasteiger partial charge in [-0.05, 0) is 0 Å². The molecule has 5 nitrogen and oxygen atoms in total. The predicted molar refractivity (Wildman–Crippen MR) is 36.5 cm³/mol. The van der Waals surface area contributed by atoms with Gasteiger partial charge in [0.15, 0.2) is 5.69 Å². The first kappa shape index (κ1) is 7.62. The number of amides is 1. The van der Waals surface area contributed by atoms with Crippen LogP contribution < -0.4 is 5.73 Å². The van der Waals surface area contributed by atoms with Crippen LogP contribution >= 0.6 is 0 Å². The van der Waals surface area contributed by atoms with Crippen molar-refractivity contribution in [1.29, 1.82) is 0 Å². The third-order valence-corrected chi connectivity index (χ3v) is 1.16. The molecule has 0 aliphatic rings. The summed E-state index contributed by atoms with van der Waals surface area (Å²) in [5, 5.41) is 8.66. The van der Waals surface area contributed by atoms with E-state index in [0.717, 1.165) is 0 Å². The van der Waals surface area contributed by atoms with Gasteiger partial charge in [0.1, 0.15) is 0 Å². The molecule has 0 atom stereocenters. The molecule has 0 fully saturated rings. The van der Waals surface area contributed by atoms with Gasteiger partial charge in [0, 0.05) is 12.4 Å². The summed E-state index contributed by atoms with van der Waals surface area (Å²) < 4.78 is 0. The number of aliphatic hydroxyl groups excluding tert-OH is 1. The number of carbonyl (C=O) groups excluding carboxylic acids is 1. The van der Waals surface area contributed by atoms with Crippen LogP contribution in [-0.4, -0.2) is 21.0 Å². The van der Waals surface area contributed by atoms with E-state index in [1.54, 1.807) is 0 Å². The van der Waals surface area contributed by atoms with E-state index in [1.807, 2.05) is 0 Å². The van der Waals surface area contributed by atoms with Crippen molar-refractivity contribution in [3.63, 3.8) is 0 Å². The lowest BCUT2D eigenvalue weighted by Gasteiger charge is -1.98. The average molecular weight is 153 g/mol. The number of aliphatic hydroxyl groups is 1. The van der Waals surface area contributed by atoms with Crippen molar-refractivity contribution in [2.75, 3.05) is 0 Å². The number of hydrogen-bond acceptors (Lipinski definition) is 4. The van der Waals surface area contributed by atoms with E-state index < -0.39 is 5.91 Å². The van der Waals surface area contributed by atoms with Gasteiger partial charge in [0.25, 0.3) is 5.91 Å². The zero-order chi connectivity index (χ0) is 8.27. The highest BCUT2D eigenvalue weighted by molar-refractivity contribution is 5.91. The minimum Gasteiger partial charge on any atom is -0.390 e. The number of rotatable bonds is 2. The first-order valence-electron chi connectivity index (χ1n) is 2.96. The maximum Gasteiger partial charge on any atom is 0.269 e. The van der Waals surface area contributed by atoms with Crippen molar-refractivity contribution in [1.82, 2.24) is 9.97 Å². The number of primary amides is 1. The van der Waals surface area contributed by atoms with E-state index in [-0.39, 0.29) is 18.0 Å². The van der Waals surface area contributed by atoms with Crippen LogP contribution in [-0.2, 0) is 6.61 Å². The maximum atomic E-state index is 10.6. The van der Waals surface area contributed by atoms with Crippen LogP contribution in [0.1, 0.15) is 16.2 Å². The largest absolute Gasteiger partial charge is 0.390 e. The first-order valence-corrected chi connectivity index (χ1v) is 2.96. The standard InChI is InChI=1S/C6H7N3O2/c7-6(11)5-4(3-10)8-1-2-9-5/h1-2,10H,3H2,(H2,7,11). The van der Waals surface area contributed by atoms with Crippen molar-refractivity contribution in [2.45, 2.75) is 6.61 Å². The summed E-state index contributed by atoms with van der Waals surface area (Å²) >= 11 is 0. The van der Waals surface area contributed by atoms with Crippen LogP contribution in [0.2, 0.25) is 0 Å². The molecule has 0 aliphatic carbocycles. The Hall–Kier alpha value is -1.49. The van der Waals surface area contributed by atoms with Crippen molar-refractivity contribution >= 4 is 5.91 Å². The summed E-state index contributed by atoms with van der Waals surface area (Å²) in [6.45, 7) is -0.327. The van der Waals surface area contributed by atoms with Gasteiger partial charge in [-0.1, -0.05) is 0 Å². The van der Waals surface area contributed by atoms with Gasteiger partial charge in [-0.15, -0.1) is 0 Å². The van der Waals surface area contributed by atoms with E-state index in [2.05, 4.69) is 9.97 Å². The van der Waals surface area contributed by atoms with Gasteiger partial charge >= 0.3 is 0 Å². The Morgan fingerprint density at radius 1 is 1.55 bits per heavy atom. The van der Waals surface area contributed by atoms with Gasteiger partial charge in [0.2, 0.25) is 0 Å². The van der Waals surface area contributed by atoms with Crippen LogP contribution in [0.4, 0.5) is 0 Å². The van der Waals surface area contributed by atoms with E-state index in [0.29, 0.717) is 0 Å². The van der Waals surface area contributed by atoms with Crippen LogP contribution in [0, 0.1) is 0 Å². The molecule has 3 N–H and O–H groups in total. The van der Waals surface area contributed by atoms with Gasteiger partial charge in [-0.2, -0.15) is 0 Å². The quantitative estimate of drug-likeness (QED) is 0.574. The summed E-state index contributed by atoms with van der Waals surface area (Å²) in [6.07, 6.45) is 2.73. The molecule has 0 bridgehead atoms. The molecule has 0 unspecified atom stereocenters. The topological polar surface area (TPSA) is 89.1 Å². The summed E-state index contributed by atoms with van der Waals surface area (Å²) in [6, 6.07) is 0. The minimum atomic E-state index is -0.679. The Morgan fingerprint density at radius 3 is 2.64 bits per heavy atom. The molecule has 1 amide bonds. The molecule has 0 saturated carbocycles. The summed E-state index contributed by atoms with van der Waals surface area (Å²) in [4.78, 5) is 17.9. The van der Waals surface area contributed by atoms with Gasteiger partial charge < -0.3 is 10.8 Å². The lowest BCUT2D eigenvalue weighted by Crippen LogP contribution is -2.16.